The maximum Gasteiger partial charge on any atom is 0.401 e. The van der Waals surface area contributed by atoms with E-state index in [1.807, 2.05) is 6.92 Å². The zero-order valence-electron chi connectivity index (χ0n) is 9.52. The Bertz CT molecular complexity index is 215. The Hall–Kier alpha value is -0.330. The predicted octanol–water partition coefficient (Wildman–Crippen LogP) is 1.38. The van der Waals surface area contributed by atoms with E-state index in [1.54, 1.807) is 0 Å². The molecule has 1 saturated heterocycles. The zero-order chi connectivity index (χ0) is 12.2. The largest absolute Gasteiger partial charge is 0.401 e. The van der Waals surface area contributed by atoms with Gasteiger partial charge in [0.1, 0.15) is 0 Å². The van der Waals surface area contributed by atoms with Gasteiger partial charge in [0, 0.05) is 13.2 Å². The Labute approximate surface area is 93.7 Å². The lowest BCUT2D eigenvalue weighted by Crippen LogP contribution is -2.52. The number of alkyl halides is 3. The quantitative estimate of drug-likeness (QED) is 0.789. The molecule has 0 amide bonds. The lowest BCUT2D eigenvalue weighted by molar-refractivity contribution is -0.147. The van der Waals surface area contributed by atoms with E-state index in [-0.39, 0.29) is 6.54 Å². The van der Waals surface area contributed by atoms with Crippen LogP contribution in [0.3, 0.4) is 0 Å². The minimum atomic E-state index is -4.16. The third-order valence-corrected chi connectivity index (χ3v) is 2.62. The van der Waals surface area contributed by atoms with Crippen molar-refractivity contribution in [1.29, 1.82) is 0 Å². The van der Waals surface area contributed by atoms with Gasteiger partial charge in [-0.05, 0) is 19.4 Å². The Kier molecular flexibility index (Phi) is 4.58. The summed E-state index contributed by atoms with van der Waals surface area (Å²) in [5, 5.41) is 0. The van der Waals surface area contributed by atoms with Crippen LogP contribution in [-0.4, -0.2) is 49.5 Å². The van der Waals surface area contributed by atoms with Crippen LogP contribution in [0.2, 0.25) is 0 Å². The van der Waals surface area contributed by atoms with Gasteiger partial charge in [0.05, 0.1) is 18.7 Å². The minimum absolute atomic E-state index is 0.250. The van der Waals surface area contributed by atoms with Gasteiger partial charge in [-0.1, -0.05) is 6.92 Å². The molecule has 0 aromatic rings. The van der Waals surface area contributed by atoms with E-state index in [9.17, 15) is 13.2 Å². The van der Waals surface area contributed by atoms with Crippen LogP contribution in [0.5, 0.6) is 0 Å². The highest BCUT2D eigenvalue weighted by atomic mass is 19.4. The number of nitrogens with zero attached hydrogens (tertiary/aromatic N) is 1. The molecular formula is C10H19F3N2O. The molecule has 0 aromatic carbocycles. The van der Waals surface area contributed by atoms with Crippen molar-refractivity contribution in [2.24, 2.45) is 5.73 Å². The van der Waals surface area contributed by atoms with Crippen molar-refractivity contribution in [3.63, 3.8) is 0 Å². The molecule has 2 N–H and O–H groups in total. The molecule has 1 aliphatic heterocycles. The lowest BCUT2D eigenvalue weighted by atomic mass is 9.99. The third kappa shape index (κ3) is 4.67. The van der Waals surface area contributed by atoms with E-state index in [0.717, 1.165) is 0 Å². The monoisotopic (exact) mass is 240 g/mol. The van der Waals surface area contributed by atoms with Gasteiger partial charge in [0.15, 0.2) is 0 Å². The zero-order valence-corrected chi connectivity index (χ0v) is 9.52. The molecule has 96 valence electrons. The Morgan fingerprint density at radius 1 is 1.44 bits per heavy atom. The normalized spacial score (nSPS) is 26.6. The maximum absolute atomic E-state index is 12.3. The summed E-state index contributed by atoms with van der Waals surface area (Å²) in [7, 11) is 0. The van der Waals surface area contributed by atoms with Gasteiger partial charge in [-0.15, -0.1) is 0 Å². The average Bonchev–Trinajstić information content (AvgIpc) is 2.49. The summed E-state index contributed by atoms with van der Waals surface area (Å²) in [4.78, 5) is 1.37. The summed E-state index contributed by atoms with van der Waals surface area (Å²) in [5.41, 5.74) is 5.36. The van der Waals surface area contributed by atoms with Crippen molar-refractivity contribution in [2.45, 2.75) is 31.5 Å². The van der Waals surface area contributed by atoms with Gasteiger partial charge in [-0.3, -0.25) is 4.90 Å². The highest BCUT2D eigenvalue weighted by molar-refractivity contribution is 4.91. The third-order valence-electron chi connectivity index (χ3n) is 2.62. The summed E-state index contributed by atoms with van der Waals surface area (Å²) < 4.78 is 42.1. The minimum Gasteiger partial charge on any atom is -0.379 e. The van der Waals surface area contributed by atoms with E-state index in [0.29, 0.717) is 32.6 Å². The summed E-state index contributed by atoms with van der Waals surface area (Å²) in [6, 6.07) is 0. The number of nitrogens with two attached hydrogens (primary N) is 1. The molecule has 6 heteroatoms. The molecular weight excluding hydrogens is 221 g/mol. The first-order chi connectivity index (χ1) is 7.35. The first kappa shape index (κ1) is 13.7. The smallest absolute Gasteiger partial charge is 0.379 e. The maximum atomic E-state index is 12.3. The molecule has 1 aliphatic rings. The van der Waals surface area contributed by atoms with Crippen molar-refractivity contribution in [1.82, 2.24) is 4.90 Å². The first-order valence-corrected chi connectivity index (χ1v) is 5.50. The SMILES string of the molecule is CCCN(CC(F)(F)F)CC1(N)CCOC1. The molecule has 16 heavy (non-hydrogen) atoms. The average molecular weight is 240 g/mol. The van der Waals surface area contributed by atoms with E-state index in [4.69, 9.17) is 10.5 Å². The van der Waals surface area contributed by atoms with Crippen molar-refractivity contribution >= 4 is 0 Å². The van der Waals surface area contributed by atoms with Gasteiger partial charge in [0.2, 0.25) is 0 Å². The molecule has 1 rings (SSSR count). The predicted molar refractivity (Wildman–Crippen MR) is 55.1 cm³/mol. The fourth-order valence-electron chi connectivity index (χ4n) is 1.98. The molecule has 0 aliphatic carbocycles. The Morgan fingerprint density at radius 2 is 2.12 bits per heavy atom. The van der Waals surface area contributed by atoms with Crippen LogP contribution in [0.1, 0.15) is 19.8 Å². The Balaban J connectivity index is 2.50. The molecule has 0 radical (unpaired) electrons. The van der Waals surface area contributed by atoms with E-state index in [2.05, 4.69) is 0 Å². The summed E-state index contributed by atoms with van der Waals surface area (Å²) in [6.45, 7) is 2.53. The van der Waals surface area contributed by atoms with Crippen LogP contribution in [0.4, 0.5) is 13.2 Å². The molecule has 0 spiro atoms. The van der Waals surface area contributed by atoms with Gasteiger partial charge < -0.3 is 10.5 Å². The second kappa shape index (κ2) is 5.33. The van der Waals surface area contributed by atoms with Gasteiger partial charge in [-0.2, -0.15) is 13.2 Å². The van der Waals surface area contributed by atoms with Crippen molar-refractivity contribution in [3.8, 4) is 0 Å². The molecule has 0 saturated carbocycles. The van der Waals surface area contributed by atoms with Crippen LogP contribution in [0.25, 0.3) is 0 Å². The highest BCUT2D eigenvalue weighted by Gasteiger charge is 2.36. The number of hydrogen-bond acceptors (Lipinski definition) is 3. The summed E-state index contributed by atoms with van der Waals surface area (Å²) >= 11 is 0. The molecule has 0 aromatic heterocycles. The van der Waals surface area contributed by atoms with Crippen molar-refractivity contribution in [2.75, 3.05) is 32.8 Å². The standard InChI is InChI=1S/C10H19F3N2O/c1-2-4-15(7-10(11,12)13)6-9(14)3-5-16-8-9/h2-8,14H2,1H3. The number of hydrogen-bond donors (Lipinski definition) is 1. The summed E-state index contributed by atoms with van der Waals surface area (Å²) in [5.74, 6) is 0. The molecule has 1 unspecified atom stereocenters. The molecule has 1 fully saturated rings. The van der Waals surface area contributed by atoms with E-state index < -0.39 is 18.3 Å². The second-order valence-corrected chi connectivity index (χ2v) is 4.49. The topological polar surface area (TPSA) is 38.5 Å². The van der Waals surface area contributed by atoms with E-state index >= 15 is 0 Å². The highest BCUT2D eigenvalue weighted by Crippen LogP contribution is 2.21. The van der Waals surface area contributed by atoms with Gasteiger partial charge >= 0.3 is 6.18 Å². The molecule has 3 nitrogen and oxygen atoms in total. The van der Waals surface area contributed by atoms with Crippen molar-refractivity contribution in [3.05, 3.63) is 0 Å². The number of rotatable bonds is 5. The molecule has 1 heterocycles. The summed E-state index contributed by atoms with van der Waals surface area (Å²) in [6.07, 6.45) is -2.84. The van der Waals surface area contributed by atoms with Crippen LogP contribution >= 0.6 is 0 Å². The van der Waals surface area contributed by atoms with Crippen LogP contribution in [0, 0.1) is 0 Å². The fraction of sp³-hybridized carbons (Fsp3) is 1.00. The van der Waals surface area contributed by atoms with Crippen molar-refractivity contribution < 1.29 is 17.9 Å². The van der Waals surface area contributed by atoms with Crippen LogP contribution < -0.4 is 5.73 Å². The van der Waals surface area contributed by atoms with Crippen LogP contribution in [0.15, 0.2) is 0 Å². The first-order valence-electron chi connectivity index (χ1n) is 5.50. The van der Waals surface area contributed by atoms with E-state index in [1.165, 1.54) is 4.90 Å². The number of halogens is 3. The number of ether oxygens (including phenoxy) is 1. The fourth-order valence-corrected chi connectivity index (χ4v) is 1.98. The Morgan fingerprint density at radius 3 is 2.56 bits per heavy atom. The second-order valence-electron chi connectivity index (χ2n) is 4.49. The van der Waals surface area contributed by atoms with Gasteiger partial charge in [0.25, 0.3) is 0 Å². The van der Waals surface area contributed by atoms with Crippen LogP contribution in [-0.2, 0) is 4.74 Å². The lowest BCUT2D eigenvalue weighted by Gasteiger charge is -2.31. The molecule has 0 bridgehead atoms. The molecule has 1 atom stereocenters. The van der Waals surface area contributed by atoms with Gasteiger partial charge in [-0.25, -0.2) is 0 Å².